The van der Waals surface area contributed by atoms with Crippen LogP contribution in [0.15, 0.2) is 29.1 Å². The Morgan fingerprint density at radius 1 is 1.22 bits per heavy atom. The van der Waals surface area contributed by atoms with Crippen LogP contribution >= 0.6 is 0 Å². The summed E-state index contributed by atoms with van der Waals surface area (Å²) in [5.74, 6) is 2.09. The van der Waals surface area contributed by atoms with E-state index in [1.165, 1.54) is 0 Å². The van der Waals surface area contributed by atoms with Crippen LogP contribution in [-0.2, 0) is 13.1 Å². The van der Waals surface area contributed by atoms with Crippen molar-refractivity contribution >= 4 is 11.6 Å². The van der Waals surface area contributed by atoms with Crippen LogP contribution in [0.2, 0.25) is 0 Å². The highest BCUT2D eigenvalue weighted by Gasteiger charge is 2.28. The first-order valence-electron chi connectivity index (χ1n) is 9.69. The molecule has 0 fully saturated rings. The summed E-state index contributed by atoms with van der Waals surface area (Å²) in [6.45, 7) is 10.6. The molecule has 0 amide bonds. The fourth-order valence-electron chi connectivity index (χ4n) is 3.55. The number of hydrogen-bond donors (Lipinski definition) is 0. The lowest BCUT2D eigenvalue weighted by Crippen LogP contribution is -2.48. The first kappa shape index (κ1) is 19.4. The van der Waals surface area contributed by atoms with E-state index in [4.69, 9.17) is 9.72 Å². The Labute approximate surface area is 161 Å². The fourth-order valence-corrected chi connectivity index (χ4v) is 3.55. The van der Waals surface area contributed by atoms with Gasteiger partial charge >= 0.3 is 0 Å². The van der Waals surface area contributed by atoms with E-state index >= 15 is 0 Å². The van der Waals surface area contributed by atoms with Crippen molar-refractivity contribution in [2.75, 3.05) is 25.2 Å². The predicted octanol–water partition coefficient (Wildman–Crippen LogP) is 3.54. The van der Waals surface area contributed by atoms with Crippen molar-refractivity contribution in [1.29, 1.82) is 0 Å². The van der Waals surface area contributed by atoms with Gasteiger partial charge in [0.1, 0.15) is 5.75 Å². The predicted molar refractivity (Wildman–Crippen MR) is 109 cm³/mol. The maximum atomic E-state index is 13.1. The third-order valence-corrected chi connectivity index (χ3v) is 5.13. The molecule has 2 heterocycles. The van der Waals surface area contributed by atoms with Gasteiger partial charge in [0.25, 0.3) is 5.56 Å². The first-order chi connectivity index (χ1) is 13.0. The molecule has 0 aliphatic carbocycles. The van der Waals surface area contributed by atoms with Crippen molar-refractivity contribution in [1.82, 2.24) is 14.5 Å². The number of ether oxygens (including phenoxy) is 1. The molecule has 0 spiro atoms. The number of benzene rings is 1. The number of anilines is 2. The van der Waals surface area contributed by atoms with E-state index in [0.29, 0.717) is 31.6 Å². The number of para-hydroxylation sites is 2. The molecule has 2 aromatic rings. The summed E-state index contributed by atoms with van der Waals surface area (Å²) in [5, 5.41) is 0. The second-order valence-electron chi connectivity index (χ2n) is 7.52. The van der Waals surface area contributed by atoms with Crippen molar-refractivity contribution in [3.63, 3.8) is 0 Å². The molecule has 0 atom stereocenters. The molecule has 0 saturated heterocycles. The largest absolute Gasteiger partial charge is 0.495 e. The summed E-state index contributed by atoms with van der Waals surface area (Å²) in [5.41, 5.74) is 2.60. The smallest absolute Gasteiger partial charge is 0.259 e. The topological polar surface area (TPSA) is 50.6 Å². The molecular weight excluding hydrogens is 340 g/mol. The quantitative estimate of drug-likeness (QED) is 0.778. The average Bonchev–Trinajstić information content (AvgIpc) is 2.66. The van der Waals surface area contributed by atoms with Gasteiger partial charge in [-0.1, -0.05) is 32.9 Å². The van der Waals surface area contributed by atoms with Crippen molar-refractivity contribution in [3.8, 4) is 5.75 Å². The zero-order chi connectivity index (χ0) is 19.6. The van der Waals surface area contributed by atoms with Crippen molar-refractivity contribution in [3.05, 3.63) is 45.9 Å². The Kier molecular flexibility index (Phi) is 5.85. The standard InChI is InChI=1S/C21H30N4O2/c1-6-17-16(4)22-21-24(18-9-7-8-10-19(18)27-5)13-23(12-11-15(2)3)14-25(21)20(17)26/h7-10,15H,6,11-14H2,1-5H3. The van der Waals surface area contributed by atoms with E-state index in [0.717, 1.165) is 35.7 Å². The lowest BCUT2D eigenvalue weighted by atomic mass is 10.1. The molecule has 1 aromatic carbocycles. The molecule has 0 radical (unpaired) electrons. The van der Waals surface area contributed by atoms with E-state index in [2.05, 4.69) is 23.6 Å². The fraction of sp³-hybridized carbons (Fsp3) is 0.524. The number of methoxy groups -OCH3 is 1. The minimum absolute atomic E-state index is 0.0640. The van der Waals surface area contributed by atoms with Crippen LogP contribution in [0.5, 0.6) is 5.75 Å². The van der Waals surface area contributed by atoms with Crippen LogP contribution in [0.25, 0.3) is 0 Å². The number of hydrogen-bond acceptors (Lipinski definition) is 5. The monoisotopic (exact) mass is 370 g/mol. The first-order valence-corrected chi connectivity index (χ1v) is 9.69. The van der Waals surface area contributed by atoms with Gasteiger partial charge < -0.3 is 4.74 Å². The van der Waals surface area contributed by atoms with Crippen molar-refractivity contribution in [2.45, 2.75) is 47.2 Å². The van der Waals surface area contributed by atoms with Crippen molar-refractivity contribution in [2.24, 2.45) is 5.92 Å². The summed E-state index contributed by atoms with van der Waals surface area (Å²) in [7, 11) is 1.67. The van der Waals surface area contributed by atoms with E-state index in [1.54, 1.807) is 7.11 Å². The van der Waals surface area contributed by atoms with Crippen LogP contribution < -0.4 is 15.2 Å². The molecule has 0 bridgehead atoms. The van der Waals surface area contributed by atoms with Crippen LogP contribution in [0.3, 0.4) is 0 Å². The average molecular weight is 370 g/mol. The van der Waals surface area contributed by atoms with Crippen LogP contribution in [-0.4, -0.2) is 34.8 Å². The highest BCUT2D eigenvalue weighted by atomic mass is 16.5. The van der Waals surface area contributed by atoms with Gasteiger partial charge in [-0.15, -0.1) is 0 Å². The molecule has 0 N–H and O–H groups in total. The summed E-state index contributed by atoms with van der Waals surface area (Å²) in [6.07, 6.45) is 1.78. The van der Waals surface area contributed by atoms with Gasteiger partial charge in [-0.25, -0.2) is 4.98 Å². The van der Waals surface area contributed by atoms with Gasteiger partial charge in [0.05, 0.1) is 26.1 Å². The normalized spacial score (nSPS) is 14.5. The second kappa shape index (κ2) is 8.13. The second-order valence-corrected chi connectivity index (χ2v) is 7.52. The molecular formula is C21H30N4O2. The highest BCUT2D eigenvalue weighted by molar-refractivity contribution is 5.66. The number of aromatic nitrogens is 2. The third-order valence-electron chi connectivity index (χ3n) is 5.13. The van der Waals surface area contributed by atoms with Gasteiger partial charge in [-0.05, 0) is 37.8 Å². The Balaban J connectivity index is 2.11. The minimum atomic E-state index is 0.0640. The molecule has 1 aliphatic heterocycles. The molecule has 3 rings (SSSR count). The summed E-state index contributed by atoms with van der Waals surface area (Å²) >= 11 is 0. The van der Waals surface area contributed by atoms with E-state index in [1.807, 2.05) is 42.7 Å². The summed E-state index contributed by atoms with van der Waals surface area (Å²) in [6, 6.07) is 7.90. The molecule has 0 saturated carbocycles. The Bertz CT molecular complexity index is 860. The maximum absolute atomic E-state index is 13.1. The van der Waals surface area contributed by atoms with Gasteiger partial charge in [-0.3, -0.25) is 19.2 Å². The summed E-state index contributed by atoms with van der Waals surface area (Å²) in [4.78, 5) is 22.3. The van der Waals surface area contributed by atoms with Gasteiger partial charge in [0.15, 0.2) is 0 Å². The van der Waals surface area contributed by atoms with Gasteiger partial charge in [0, 0.05) is 17.8 Å². The Hall–Kier alpha value is -2.34. The zero-order valence-corrected chi connectivity index (χ0v) is 17.0. The van der Waals surface area contributed by atoms with E-state index < -0.39 is 0 Å². The molecule has 27 heavy (non-hydrogen) atoms. The number of rotatable bonds is 6. The van der Waals surface area contributed by atoms with E-state index in [9.17, 15) is 4.79 Å². The zero-order valence-electron chi connectivity index (χ0n) is 17.0. The van der Waals surface area contributed by atoms with Gasteiger partial charge in [-0.2, -0.15) is 0 Å². The SMILES string of the molecule is CCc1c(C)nc2n(c1=O)CN(CCC(C)C)CN2c1ccccc1OC. The summed E-state index contributed by atoms with van der Waals surface area (Å²) < 4.78 is 7.38. The third kappa shape index (κ3) is 3.86. The molecule has 146 valence electrons. The van der Waals surface area contributed by atoms with Crippen molar-refractivity contribution < 1.29 is 4.74 Å². The molecule has 6 nitrogen and oxygen atoms in total. The molecule has 0 unspecified atom stereocenters. The van der Waals surface area contributed by atoms with Crippen LogP contribution in [0.4, 0.5) is 11.6 Å². The van der Waals surface area contributed by atoms with Gasteiger partial charge in [0.2, 0.25) is 5.95 Å². The maximum Gasteiger partial charge on any atom is 0.259 e. The van der Waals surface area contributed by atoms with Crippen LogP contribution in [0, 0.1) is 12.8 Å². The minimum Gasteiger partial charge on any atom is -0.495 e. The Morgan fingerprint density at radius 2 is 1.96 bits per heavy atom. The molecule has 1 aliphatic rings. The number of nitrogens with zero attached hydrogens (tertiary/aromatic N) is 4. The Morgan fingerprint density at radius 3 is 2.63 bits per heavy atom. The molecule has 1 aromatic heterocycles. The number of aryl methyl sites for hydroxylation is 1. The van der Waals surface area contributed by atoms with Crippen LogP contribution in [0.1, 0.15) is 38.4 Å². The highest BCUT2D eigenvalue weighted by Crippen LogP contribution is 2.34. The number of fused-ring (bicyclic) bond motifs is 1. The molecule has 6 heteroatoms. The van der Waals surface area contributed by atoms with E-state index in [-0.39, 0.29) is 5.56 Å². The lowest BCUT2D eigenvalue weighted by Gasteiger charge is -2.39. The lowest BCUT2D eigenvalue weighted by molar-refractivity contribution is 0.187.